The quantitative estimate of drug-likeness (QED) is 0.0128. The van der Waals surface area contributed by atoms with E-state index in [-0.39, 0.29) is 140 Å². The Morgan fingerprint density at radius 1 is 0.296 bits per heavy atom. The van der Waals surface area contributed by atoms with Crippen LogP contribution in [0.5, 0.6) is 0 Å². The van der Waals surface area contributed by atoms with Crippen LogP contribution in [0, 0.1) is 0 Å². The molecule has 0 saturated carbocycles. The monoisotopic (exact) mass is 2200 g/mol. The minimum Gasteiger partial charge on any atom is -0.469 e. The van der Waals surface area contributed by atoms with Crippen molar-refractivity contribution in [3.05, 3.63) is 0 Å². The van der Waals surface area contributed by atoms with Crippen LogP contribution in [0.15, 0.2) is 0 Å². The molecular formula is C61H104Br2Cl3I4N7O31. The summed E-state index contributed by atoms with van der Waals surface area (Å²) in [4.78, 5) is 179. The number of halogens is 9. The molecule has 0 fully saturated rings. The second kappa shape index (κ2) is 100. The van der Waals surface area contributed by atoms with Crippen molar-refractivity contribution in [2.24, 2.45) is 0 Å². The Bertz CT molecular complexity index is 1940. The van der Waals surface area contributed by atoms with E-state index < -0.39 is 30.5 Å². The van der Waals surface area contributed by atoms with Gasteiger partial charge in [-0.05, 0) is 32.1 Å². The van der Waals surface area contributed by atoms with Crippen molar-refractivity contribution >= 4 is 259 Å². The number of esters is 7. The van der Waals surface area contributed by atoms with Gasteiger partial charge in [0.25, 0.3) is 0 Å². The number of methoxy groups -OCH3 is 6. The van der Waals surface area contributed by atoms with Gasteiger partial charge in [-0.25, -0.2) is 19.2 Å². The van der Waals surface area contributed by atoms with Crippen molar-refractivity contribution in [2.45, 2.75) is 85.0 Å². The maximum absolute atomic E-state index is 10.8. The van der Waals surface area contributed by atoms with Crippen LogP contribution >= 0.6 is 157 Å². The summed E-state index contributed by atoms with van der Waals surface area (Å²) in [5.41, 5.74) is 0. The number of Topliss-reactive ketones (excluding diaryl/α,β-unsaturated/α-hetero) is 1. The number of amides is 7. The third-order valence-corrected chi connectivity index (χ3v) is 14.3. The Hall–Kier alpha value is -4.90. The van der Waals surface area contributed by atoms with Gasteiger partial charge in [-0.15, -0.1) is 34.8 Å². The van der Waals surface area contributed by atoms with E-state index in [1.807, 2.05) is 97.3 Å². The number of nitrogens with one attached hydrogen (secondary N) is 7. The van der Waals surface area contributed by atoms with E-state index in [1.54, 1.807) is 13.8 Å². The minimum atomic E-state index is -0.808. The lowest BCUT2D eigenvalue weighted by molar-refractivity contribution is -0.150. The van der Waals surface area contributed by atoms with Crippen LogP contribution in [0.3, 0.4) is 0 Å². The molecule has 0 aromatic heterocycles. The highest BCUT2D eigenvalue weighted by molar-refractivity contribution is 14.1. The Kier molecular flexibility index (Phi) is 113. The normalized spacial score (nSPS) is 9.13. The zero-order valence-electron chi connectivity index (χ0n) is 61.8. The summed E-state index contributed by atoms with van der Waals surface area (Å²) in [6, 6.07) is 0. The van der Waals surface area contributed by atoms with Crippen molar-refractivity contribution in [1.82, 2.24) is 37.2 Å². The molecule has 0 aliphatic carbocycles. The van der Waals surface area contributed by atoms with Crippen LogP contribution in [0.25, 0.3) is 0 Å². The molecule has 0 bridgehead atoms. The lowest BCUT2D eigenvalue weighted by Gasteiger charge is -2.06. The Balaban J connectivity index is -0.000000147. The maximum atomic E-state index is 10.8. The summed E-state index contributed by atoms with van der Waals surface area (Å²) < 4.78 is 64.7. The SMILES string of the molecule is CCC(=O)CCCOC(=O)CI.CCC(=O)OCCNC(=O)CI.CCC(=O)OCCOC(=O)CBr.COC(=O)CCCNC(=O)CCl.COC(=O)CI.COC(=O)NCCCCCNC(=O)CBr.COC(=O)NCCOCCNC(=O)CI.COC(=O)OCCNC(=O)CCl.COC(=O)OCCOC(=O)CCl. The van der Waals surface area contributed by atoms with Gasteiger partial charge in [0.1, 0.15) is 68.4 Å². The first-order valence-corrected chi connectivity index (χ1v) is 41.8. The number of rotatable bonds is 44. The topological polar surface area (TPSA) is 504 Å². The van der Waals surface area contributed by atoms with Crippen LogP contribution in [0.2, 0.25) is 0 Å². The predicted molar refractivity (Wildman–Crippen MR) is 436 cm³/mol. The molecule has 108 heavy (non-hydrogen) atoms. The van der Waals surface area contributed by atoms with Crippen LogP contribution in [0.1, 0.15) is 85.0 Å². The molecule has 0 atom stereocenters. The Labute approximate surface area is 716 Å². The van der Waals surface area contributed by atoms with Gasteiger partial charge in [-0.1, -0.05) is 143 Å². The summed E-state index contributed by atoms with van der Waals surface area (Å²) >= 11 is 29.3. The third-order valence-electron chi connectivity index (χ3n) is 9.95. The number of hydrogen-bond donors (Lipinski definition) is 7. The molecule has 0 heterocycles. The molecule has 0 saturated heterocycles. The maximum Gasteiger partial charge on any atom is 0.508 e. The minimum absolute atomic E-state index is 0.00249. The molecule has 0 unspecified atom stereocenters. The summed E-state index contributed by atoms with van der Waals surface area (Å²) in [6.45, 7) is 10.3. The lowest BCUT2D eigenvalue weighted by atomic mass is 10.2. The molecule has 0 aliphatic rings. The van der Waals surface area contributed by atoms with Crippen molar-refractivity contribution in [3.8, 4) is 0 Å². The third kappa shape index (κ3) is 117. The van der Waals surface area contributed by atoms with E-state index in [0.717, 1.165) is 19.3 Å². The summed E-state index contributed by atoms with van der Waals surface area (Å²) in [5.74, 6) is -2.78. The average Bonchev–Trinajstić information content (AvgIpc) is 1.89. The molecule has 632 valence electrons. The molecule has 0 spiro atoms. The van der Waals surface area contributed by atoms with Gasteiger partial charge < -0.3 is 104 Å². The number of carbonyl (C=O) groups excluding carboxylic acids is 17. The Morgan fingerprint density at radius 3 is 1.06 bits per heavy atom. The first kappa shape index (κ1) is 121. The molecule has 7 N–H and O–H groups in total. The molecular weight excluding hydrogens is 2100 g/mol. The van der Waals surface area contributed by atoms with Gasteiger partial charge in [0.2, 0.25) is 29.5 Å². The number of unbranched alkanes of at least 4 members (excludes halogenated alkanes) is 2. The van der Waals surface area contributed by atoms with Crippen LogP contribution < -0.4 is 37.2 Å². The van der Waals surface area contributed by atoms with Gasteiger partial charge in [0.05, 0.1) is 98.6 Å². The molecule has 0 rings (SSSR count). The molecule has 0 aromatic carbocycles. The zero-order chi connectivity index (χ0) is 84.4. The summed E-state index contributed by atoms with van der Waals surface area (Å²) in [5, 5.41) is 18.5. The van der Waals surface area contributed by atoms with Gasteiger partial charge in [-0.3, -0.25) is 62.3 Å². The van der Waals surface area contributed by atoms with E-state index in [2.05, 4.69) is 121 Å². The van der Waals surface area contributed by atoms with Gasteiger partial charge in [0, 0.05) is 64.8 Å². The Morgan fingerprint density at radius 2 is 0.667 bits per heavy atom. The highest BCUT2D eigenvalue weighted by Gasteiger charge is 2.08. The molecule has 7 amide bonds. The summed E-state index contributed by atoms with van der Waals surface area (Å²) in [6.07, 6.45) is 3.67. The second-order valence-electron chi connectivity index (χ2n) is 18.1. The fourth-order valence-electron chi connectivity index (χ4n) is 4.77. The first-order valence-electron chi connectivity index (χ1n) is 31.9. The largest absolute Gasteiger partial charge is 0.508 e. The van der Waals surface area contributed by atoms with Crippen LogP contribution in [0.4, 0.5) is 19.2 Å². The highest BCUT2D eigenvalue weighted by atomic mass is 127. The smallest absolute Gasteiger partial charge is 0.469 e. The number of hydrogen-bond acceptors (Lipinski definition) is 31. The number of ketones is 1. The zero-order valence-corrected chi connectivity index (χ0v) is 75.9. The number of ether oxygens (including phenoxy) is 14. The van der Waals surface area contributed by atoms with Crippen molar-refractivity contribution in [3.63, 3.8) is 0 Å². The highest BCUT2D eigenvalue weighted by Crippen LogP contribution is 1.98. The lowest BCUT2D eigenvalue weighted by Crippen LogP contribution is -2.30. The fourth-order valence-corrected chi connectivity index (χ4v) is 6.47. The van der Waals surface area contributed by atoms with Gasteiger partial charge in [-0.2, -0.15) is 0 Å². The van der Waals surface area contributed by atoms with E-state index >= 15 is 0 Å². The van der Waals surface area contributed by atoms with Crippen molar-refractivity contribution in [1.29, 1.82) is 0 Å². The fraction of sp³-hybridized carbons (Fsp3) is 0.721. The molecule has 38 nitrogen and oxygen atoms in total. The van der Waals surface area contributed by atoms with Crippen LogP contribution in [-0.2, 0) is 129 Å². The molecule has 47 heteroatoms. The van der Waals surface area contributed by atoms with Gasteiger partial charge in [0.15, 0.2) is 0 Å². The number of alkyl halides is 9. The molecule has 0 aromatic rings. The van der Waals surface area contributed by atoms with E-state index in [4.69, 9.17) is 49.0 Å². The number of alkyl carbamates (subject to hydrolysis) is 2. The van der Waals surface area contributed by atoms with E-state index in [9.17, 15) is 81.5 Å². The average molecular weight is 2210 g/mol. The molecule has 0 aliphatic heterocycles. The summed E-state index contributed by atoms with van der Waals surface area (Å²) in [7, 11) is 7.74. The predicted octanol–water partition coefficient (Wildman–Crippen LogP) is 5.59. The second-order valence-corrected chi connectivity index (χ2v) is 23.1. The van der Waals surface area contributed by atoms with Gasteiger partial charge >= 0.3 is 66.3 Å². The van der Waals surface area contributed by atoms with E-state index in [1.165, 1.54) is 42.7 Å². The first-order chi connectivity index (χ1) is 51.4. The van der Waals surface area contributed by atoms with E-state index in [0.29, 0.717) is 127 Å². The standard InChI is InChI=1S/C9H17BrN2O3.C8H15IN2O4.C8H13IO3.C7H11BrO4.C7H12ClNO3.C7H12INO3.C6H10ClNO4.C6H9ClO5.C3H5IO2/c1-15-9(14)12-6-4-2-3-5-11-8(13)7-10;1-14-8(13)11-3-5-15-4-2-10-7(12)6-9;1-2-7(10)4-3-5-12-8(11)6-9;1-2-6(9)11-3-4-12-7(10)5-8;1-12-7(11)3-2-4-9-6(10)5-8;1-2-7(11)12-4-3-9-6(10)5-8;1-11-6(10)12-3-2-8-5(9)4-7;1-10-6(9)12-3-2-11-5(8)4-7;1-6-3(5)2-4/h2-7H2,1H3,(H,11,13)(H,12,14);2-6H2,1H3,(H,10,12)(H,11,13);2-6H2,1H3;2-5H2,1H3;2*2-5H2,1H3,(H,9,10);2-4H2,1H3,(H,8,9);2-4H2,1H3;2H2,1H3. The number of carbonyl (C=O) groups is 17. The molecule has 0 radical (unpaired) electrons. The van der Waals surface area contributed by atoms with Crippen molar-refractivity contribution in [2.75, 3.05) is 194 Å². The van der Waals surface area contributed by atoms with Crippen molar-refractivity contribution < 1.29 is 148 Å². The van der Waals surface area contributed by atoms with Crippen LogP contribution in [-0.4, -0.2) is 296 Å².